The van der Waals surface area contributed by atoms with Crippen LogP contribution in [0, 0.1) is 18.8 Å². The van der Waals surface area contributed by atoms with Crippen molar-refractivity contribution in [3.63, 3.8) is 0 Å². The quantitative estimate of drug-likeness (QED) is 0.712. The molecule has 4 heteroatoms. The summed E-state index contributed by atoms with van der Waals surface area (Å²) < 4.78 is 0. The van der Waals surface area contributed by atoms with Gasteiger partial charge in [0.2, 0.25) is 0 Å². The first-order chi connectivity index (χ1) is 12.1. The van der Waals surface area contributed by atoms with Gasteiger partial charge in [-0.25, -0.2) is 0 Å². The zero-order valence-corrected chi connectivity index (χ0v) is 16.3. The normalized spacial score (nSPS) is 26.1. The van der Waals surface area contributed by atoms with Crippen molar-refractivity contribution in [2.75, 3.05) is 6.26 Å². The van der Waals surface area contributed by atoms with Gasteiger partial charge in [0.1, 0.15) is 0 Å². The third-order valence-electron chi connectivity index (χ3n) is 6.24. The number of aromatic amines is 1. The van der Waals surface area contributed by atoms with Crippen molar-refractivity contribution in [2.24, 2.45) is 11.8 Å². The highest BCUT2D eigenvalue weighted by molar-refractivity contribution is 7.98. The van der Waals surface area contributed by atoms with E-state index in [-0.39, 0.29) is 11.0 Å². The number of hydrogen-bond donors (Lipinski definition) is 1. The van der Waals surface area contributed by atoms with Gasteiger partial charge in [0.25, 0.3) is 5.56 Å². The molecule has 0 saturated heterocycles. The van der Waals surface area contributed by atoms with E-state index in [2.05, 4.69) is 29.2 Å². The van der Waals surface area contributed by atoms with E-state index in [1.54, 1.807) is 11.8 Å². The number of hydrogen-bond acceptors (Lipinski definition) is 2. The number of aromatic nitrogens is 1. The summed E-state index contributed by atoms with van der Waals surface area (Å²) >= 11 is 8.19. The van der Waals surface area contributed by atoms with E-state index >= 15 is 0 Å². The first-order valence-corrected chi connectivity index (χ1v) is 10.7. The topological polar surface area (TPSA) is 32.9 Å². The van der Waals surface area contributed by atoms with Gasteiger partial charge in [-0.3, -0.25) is 4.79 Å². The number of H-pyrrole nitrogens is 1. The number of rotatable bonds is 4. The van der Waals surface area contributed by atoms with E-state index in [1.807, 2.05) is 19.2 Å². The van der Waals surface area contributed by atoms with Gasteiger partial charge in [0, 0.05) is 21.6 Å². The lowest BCUT2D eigenvalue weighted by Crippen LogP contribution is -2.22. The highest BCUT2D eigenvalue weighted by Gasteiger charge is 2.60. The second-order valence-corrected chi connectivity index (χ2v) is 8.82. The Morgan fingerprint density at radius 2 is 1.96 bits per heavy atom. The summed E-state index contributed by atoms with van der Waals surface area (Å²) in [5.74, 6) is 1.38. The van der Waals surface area contributed by atoms with Crippen LogP contribution in [0.3, 0.4) is 0 Å². The van der Waals surface area contributed by atoms with Gasteiger partial charge >= 0.3 is 0 Å². The second kappa shape index (κ2) is 6.51. The molecule has 0 bridgehead atoms. The fraction of sp³-hybridized carbons (Fsp3) is 0.476. The fourth-order valence-electron chi connectivity index (χ4n) is 4.76. The van der Waals surface area contributed by atoms with Crippen molar-refractivity contribution in [1.29, 1.82) is 0 Å². The molecule has 2 unspecified atom stereocenters. The summed E-state index contributed by atoms with van der Waals surface area (Å²) in [5, 5.41) is 0.816. The van der Waals surface area contributed by atoms with E-state index in [4.69, 9.17) is 11.6 Å². The SMILES string of the molecule is CSc1ccc(C2(c3ccc(C)c(=O)[nH]3)CC2C2CCCC2)cc1Cl. The van der Waals surface area contributed by atoms with Gasteiger partial charge < -0.3 is 4.98 Å². The molecule has 1 aromatic heterocycles. The number of thioether (sulfide) groups is 1. The van der Waals surface area contributed by atoms with Crippen LogP contribution in [0.4, 0.5) is 0 Å². The molecule has 0 amide bonds. The molecule has 1 aromatic carbocycles. The summed E-state index contributed by atoms with van der Waals surface area (Å²) in [6.45, 7) is 1.86. The van der Waals surface area contributed by atoms with Crippen LogP contribution < -0.4 is 5.56 Å². The molecule has 0 spiro atoms. The Morgan fingerprint density at radius 1 is 1.20 bits per heavy atom. The maximum absolute atomic E-state index is 12.3. The summed E-state index contributed by atoms with van der Waals surface area (Å²) in [5.41, 5.74) is 3.05. The van der Waals surface area contributed by atoms with Gasteiger partial charge in [-0.1, -0.05) is 49.4 Å². The van der Waals surface area contributed by atoms with Crippen molar-refractivity contribution >= 4 is 23.4 Å². The van der Waals surface area contributed by atoms with Crippen LogP contribution in [-0.2, 0) is 5.41 Å². The lowest BCUT2D eigenvalue weighted by atomic mass is 9.84. The van der Waals surface area contributed by atoms with Crippen LogP contribution in [0.25, 0.3) is 0 Å². The molecule has 2 aromatic rings. The minimum absolute atomic E-state index is 0.0285. The van der Waals surface area contributed by atoms with Gasteiger partial charge in [-0.15, -0.1) is 11.8 Å². The predicted octanol–water partition coefficient (Wildman–Crippen LogP) is 5.55. The van der Waals surface area contributed by atoms with Crippen LogP contribution in [0.5, 0.6) is 0 Å². The van der Waals surface area contributed by atoms with E-state index in [0.717, 1.165) is 33.5 Å². The largest absolute Gasteiger partial charge is 0.325 e. The van der Waals surface area contributed by atoms with E-state index in [1.165, 1.54) is 31.2 Å². The molecule has 2 saturated carbocycles. The molecule has 1 heterocycles. The molecule has 2 aliphatic rings. The number of halogens is 1. The summed E-state index contributed by atoms with van der Waals surface area (Å²) in [6, 6.07) is 10.5. The molecule has 25 heavy (non-hydrogen) atoms. The molecule has 4 rings (SSSR count). The van der Waals surface area contributed by atoms with Gasteiger partial charge in [-0.05, 0) is 55.2 Å². The number of benzene rings is 1. The maximum Gasteiger partial charge on any atom is 0.251 e. The first-order valence-electron chi connectivity index (χ1n) is 9.10. The van der Waals surface area contributed by atoms with Gasteiger partial charge in [-0.2, -0.15) is 0 Å². The Labute approximate surface area is 158 Å². The average molecular weight is 374 g/mol. The minimum Gasteiger partial charge on any atom is -0.325 e. The molecule has 0 aliphatic heterocycles. The zero-order valence-electron chi connectivity index (χ0n) is 14.8. The van der Waals surface area contributed by atoms with Crippen molar-refractivity contribution in [3.05, 3.63) is 62.5 Å². The molecule has 1 N–H and O–H groups in total. The van der Waals surface area contributed by atoms with Gasteiger partial charge in [0.05, 0.1) is 5.02 Å². The van der Waals surface area contributed by atoms with Crippen LogP contribution >= 0.6 is 23.4 Å². The van der Waals surface area contributed by atoms with Crippen molar-refractivity contribution < 1.29 is 0 Å². The maximum atomic E-state index is 12.3. The molecule has 2 nitrogen and oxygen atoms in total. The third kappa shape index (κ3) is 2.86. The average Bonchev–Trinajstić information content (AvgIpc) is 3.13. The first kappa shape index (κ1) is 17.2. The fourth-order valence-corrected chi connectivity index (χ4v) is 5.63. The standard InChI is InChI=1S/C21H24ClNOS/c1-13-7-10-19(23-20(13)24)21(12-16(21)14-5-3-4-6-14)15-8-9-18(25-2)17(22)11-15/h7-11,14,16H,3-6,12H2,1-2H3,(H,23,24). The monoisotopic (exact) mass is 373 g/mol. The Balaban J connectivity index is 1.81. The lowest BCUT2D eigenvalue weighted by molar-refractivity contribution is 0.442. The Kier molecular flexibility index (Phi) is 4.49. The summed E-state index contributed by atoms with van der Waals surface area (Å²) in [6.07, 6.45) is 8.48. The number of nitrogens with one attached hydrogen (secondary N) is 1. The predicted molar refractivity (Wildman–Crippen MR) is 106 cm³/mol. The highest BCUT2D eigenvalue weighted by atomic mass is 35.5. The molecular weight excluding hydrogens is 350 g/mol. The second-order valence-electron chi connectivity index (χ2n) is 7.56. The lowest BCUT2D eigenvalue weighted by Gasteiger charge is -2.22. The van der Waals surface area contributed by atoms with Gasteiger partial charge in [0.15, 0.2) is 0 Å². The molecule has 2 atom stereocenters. The van der Waals surface area contributed by atoms with Crippen LogP contribution in [0.1, 0.15) is 48.9 Å². The smallest absolute Gasteiger partial charge is 0.251 e. The Morgan fingerprint density at radius 3 is 2.60 bits per heavy atom. The van der Waals surface area contributed by atoms with Crippen LogP contribution in [0.15, 0.2) is 40.0 Å². The number of aryl methyl sites for hydroxylation is 1. The third-order valence-corrected chi connectivity index (χ3v) is 7.46. The minimum atomic E-state index is -0.0670. The summed E-state index contributed by atoms with van der Waals surface area (Å²) in [4.78, 5) is 16.5. The van der Waals surface area contributed by atoms with Crippen molar-refractivity contribution in [3.8, 4) is 0 Å². The molecule has 2 aliphatic carbocycles. The Bertz CT molecular complexity index is 855. The molecule has 2 fully saturated rings. The van der Waals surface area contributed by atoms with E-state index in [0.29, 0.717) is 5.92 Å². The zero-order chi connectivity index (χ0) is 17.6. The van der Waals surface area contributed by atoms with E-state index < -0.39 is 0 Å². The van der Waals surface area contributed by atoms with Crippen LogP contribution in [-0.4, -0.2) is 11.2 Å². The molecule has 0 radical (unpaired) electrons. The Hall–Kier alpha value is -1.19. The van der Waals surface area contributed by atoms with E-state index in [9.17, 15) is 4.79 Å². The van der Waals surface area contributed by atoms with Crippen molar-refractivity contribution in [1.82, 2.24) is 4.98 Å². The highest BCUT2D eigenvalue weighted by Crippen LogP contribution is 2.64. The van der Waals surface area contributed by atoms with Crippen molar-refractivity contribution in [2.45, 2.75) is 49.3 Å². The van der Waals surface area contributed by atoms with Crippen LogP contribution in [0.2, 0.25) is 5.02 Å². The molecular formula is C21H24ClNOS. The molecule has 132 valence electrons. The summed E-state index contributed by atoms with van der Waals surface area (Å²) in [7, 11) is 0. The number of pyridine rings is 1.